The quantitative estimate of drug-likeness (QED) is 0.719. The Kier molecular flexibility index (Phi) is 4.38. The van der Waals surface area contributed by atoms with E-state index in [1.165, 1.54) is 7.11 Å². The molecule has 2 rings (SSSR count). The Morgan fingerprint density at radius 3 is 2.78 bits per heavy atom. The normalized spacial score (nSPS) is 31.3. The number of ketones is 1. The molecular formula is C14H23NO3. The summed E-state index contributed by atoms with van der Waals surface area (Å²) in [6.07, 6.45) is 6.02. The summed E-state index contributed by atoms with van der Waals surface area (Å²) in [4.78, 5) is 25.9. The summed E-state index contributed by atoms with van der Waals surface area (Å²) < 4.78 is 4.82. The molecule has 2 fully saturated rings. The molecule has 1 heterocycles. The Balaban J connectivity index is 2.06. The zero-order chi connectivity index (χ0) is 13.1. The molecule has 0 bridgehead atoms. The van der Waals surface area contributed by atoms with Gasteiger partial charge in [-0.2, -0.15) is 0 Å². The molecule has 1 aliphatic heterocycles. The van der Waals surface area contributed by atoms with E-state index in [-0.39, 0.29) is 24.0 Å². The Morgan fingerprint density at radius 1 is 1.33 bits per heavy atom. The van der Waals surface area contributed by atoms with Gasteiger partial charge in [-0.3, -0.25) is 14.5 Å². The summed E-state index contributed by atoms with van der Waals surface area (Å²) in [5, 5.41) is 0. The van der Waals surface area contributed by atoms with E-state index in [1.54, 1.807) is 0 Å². The first-order valence-electron chi connectivity index (χ1n) is 7.01. The molecule has 0 aromatic carbocycles. The lowest BCUT2D eigenvalue weighted by Crippen LogP contribution is -2.48. The van der Waals surface area contributed by atoms with Crippen LogP contribution in [0.1, 0.15) is 45.4 Å². The van der Waals surface area contributed by atoms with E-state index in [0.717, 1.165) is 45.1 Å². The van der Waals surface area contributed by atoms with Gasteiger partial charge in [-0.1, -0.05) is 6.42 Å². The second-order valence-corrected chi connectivity index (χ2v) is 5.47. The van der Waals surface area contributed by atoms with Gasteiger partial charge in [0.05, 0.1) is 7.11 Å². The average Bonchev–Trinajstić information content (AvgIpc) is 2.86. The van der Waals surface area contributed by atoms with Crippen LogP contribution < -0.4 is 0 Å². The molecule has 3 unspecified atom stereocenters. The molecule has 4 nitrogen and oxygen atoms in total. The topological polar surface area (TPSA) is 46.6 Å². The molecule has 102 valence electrons. The SMILES string of the molecule is COC(=O)C(C)N1CCCC1C1CCCCC1=O. The predicted octanol–water partition coefficient (Wildman–Crippen LogP) is 1.77. The second kappa shape index (κ2) is 5.83. The van der Waals surface area contributed by atoms with Crippen molar-refractivity contribution in [3.8, 4) is 0 Å². The molecule has 0 spiro atoms. The van der Waals surface area contributed by atoms with Crippen molar-refractivity contribution in [3.63, 3.8) is 0 Å². The van der Waals surface area contributed by atoms with Gasteiger partial charge in [0, 0.05) is 18.4 Å². The fourth-order valence-electron chi connectivity index (χ4n) is 3.45. The van der Waals surface area contributed by atoms with E-state index in [2.05, 4.69) is 4.90 Å². The Labute approximate surface area is 109 Å². The monoisotopic (exact) mass is 253 g/mol. The van der Waals surface area contributed by atoms with Gasteiger partial charge < -0.3 is 4.74 Å². The smallest absolute Gasteiger partial charge is 0.322 e. The van der Waals surface area contributed by atoms with Gasteiger partial charge in [-0.25, -0.2) is 0 Å². The van der Waals surface area contributed by atoms with E-state index in [9.17, 15) is 9.59 Å². The van der Waals surface area contributed by atoms with Crippen molar-refractivity contribution >= 4 is 11.8 Å². The maximum atomic E-state index is 12.0. The number of Topliss-reactive ketones (excluding diaryl/α,β-unsaturated/α-hetero) is 1. The fraction of sp³-hybridized carbons (Fsp3) is 0.857. The van der Waals surface area contributed by atoms with E-state index in [4.69, 9.17) is 4.74 Å². The van der Waals surface area contributed by atoms with Gasteiger partial charge in [-0.15, -0.1) is 0 Å². The molecule has 18 heavy (non-hydrogen) atoms. The van der Waals surface area contributed by atoms with Crippen LogP contribution in [0.4, 0.5) is 0 Å². The number of likely N-dealkylation sites (tertiary alicyclic amines) is 1. The molecule has 2 aliphatic rings. The van der Waals surface area contributed by atoms with Crippen molar-refractivity contribution in [2.45, 2.75) is 57.5 Å². The first-order chi connectivity index (χ1) is 8.65. The summed E-state index contributed by atoms with van der Waals surface area (Å²) >= 11 is 0. The molecule has 1 aliphatic carbocycles. The third kappa shape index (κ3) is 2.58. The fourth-order valence-corrected chi connectivity index (χ4v) is 3.45. The van der Waals surface area contributed by atoms with Gasteiger partial charge in [0.2, 0.25) is 0 Å². The van der Waals surface area contributed by atoms with Crippen LogP contribution in [0.3, 0.4) is 0 Å². The predicted molar refractivity (Wildman–Crippen MR) is 68.2 cm³/mol. The summed E-state index contributed by atoms with van der Waals surface area (Å²) in [7, 11) is 1.43. The van der Waals surface area contributed by atoms with E-state index < -0.39 is 0 Å². The lowest BCUT2D eigenvalue weighted by molar-refractivity contribution is -0.148. The highest BCUT2D eigenvalue weighted by Gasteiger charge is 2.40. The molecular weight excluding hydrogens is 230 g/mol. The minimum Gasteiger partial charge on any atom is -0.468 e. The van der Waals surface area contributed by atoms with Crippen molar-refractivity contribution in [2.24, 2.45) is 5.92 Å². The molecule has 4 heteroatoms. The molecule has 0 aromatic heterocycles. The highest BCUT2D eigenvalue weighted by Crippen LogP contribution is 2.33. The van der Waals surface area contributed by atoms with Crippen LogP contribution in [-0.4, -0.2) is 42.4 Å². The van der Waals surface area contributed by atoms with Crippen LogP contribution in [0.5, 0.6) is 0 Å². The van der Waals surface area contributed by atoms with Crippen molar-refractivity contribution < 1.29 is 14.3 Å². The lowest BCUT2D eigenvalue weighted by Gasteiger charge is -2.35. The minimum atomic E-state index is -0.225. The highest BCUT2D eigenvalue weighted by molar-refractivity contribution is 5.82. The number of rotatable bonds is 3. The Hall–Kier alpha value is -0.900. The molecule has 1 saturated heterocycles. The number of ether oxygens (including phenoxy) is 1. The van der Waals surface area contributed by atoms with Crippen LogP contribution in [-0.2, 0) is 14.3 Å². The van der Waals surface area contributed by atoms with Crippen LogP contribution in [0, 0.1) is 5.92 Å². The van der Waals surface area contributed by atoms with Crippen LogP contribution >= 0.6 is 0 Å². The van der Waals surface area contributed by atoms with Gasteiger partial charge in [0.1, 0.15) is 11.8 Å². The van der Waals surface area contributed by atoms with Crippen molar-refractivity contribution in [2.75, 3.05) is 13.7 Å². The van der Waals surface area contributed by atoms with E-state index in [0.29, 0.717) is 5.78 Å². The third-order valence-corrected chi connectivity index (χ3v) is 4.45. The Bertz CT molecular complexity index is 329. The van der Waals surface area contributed by atoms with E-state index in [1.807, 2.05) is 6.92 Å². The largest absolute Gasteiger partial charge is 0.468 e. The van der Waals surface area contributed by atoms with Gasteiger partial charge in [0.15, 0.2) is 0 Å². The number of carbonyl (C=O) groups excluding carboxylic acids is 2. The summed E-state index contributed by atoms with van der Waals surface area (Å²) in [6.45, 7) is 2.79. The van der Waals surface area contributed by atoms with E-state index >= 15 is 0 Å². The maximum absolute atomic E-state index is 12.0. The van der Waals surface area contributed by atoms with Crippen LogP contribution in [0.2, 0.25) is 0 Å². The molecule has 1 saturated carbocycles. The number of nitrogens with zero attached hydrogens (tertiary/aromatic N) is 1. The minimum absolute atomic E-state index is 0.147. The van der Waals surface area contributed by atoms with Crippen LogP contribution in [0.25, 0.3) is 0 Å². The molecule has 3 atom stereocenters. The first kappa shape index (κ1) is 13.5. The average molecular weight is 253 g/mol. The zero-order valence-corrected chi connectivity index (χ0v) is 11.4. The zero-order valence-electron chi connectivity index (χ0n) is 11.4. The highest BCUT2D eigenvalue weighted by atomic mass is 16.5. The summed E-state index contributed by atoms with van der Waals surface area (Å²) in [6, 6.07) is 0.0316. The Morgan fingerprint density at radius 2 is 2.11 bits per heavy atom. The number of carbonyl (C=O) groups is 2. The number of esters is 1. The van der Waals surface area contributed by atoms with Crippen molar-refractivity contribution in [3.05, 3.63) is 0 Å². The number of hydrogen-bond acceptors (Lipinski definition) is 4. The summed E-state index contributed by atoms with van der Waals surface area (Å²) in [5.41, 5.74) is 0. The molecule has 0 aromatic rings. The standard InChI is InChI=1S/C14H23NO3/c1-10(14(17)18-2)15-9-5-7-12(15)11-6-3-4-8-13(11)16/h10-12H,3-9H2,1-2H3. The van der Waals surface area contributed by atoms with Crippen molar-refractivity contribution in [1.82, 2.24) is 4.90 Å². The van der Waals surface area contributed by atoms with Crippen molar-refractivity contribution in [1.29, 1.82) is 0 Å². The number of methoxy groups -OCH3 is 1. The third-order valence-electron chi connectivity index (χ3n) is 4.45. The van der Waals surface area contributed by atoms with Gasteiger partial charge in [0.25, 0.3) is 0 Å². The second-order valence-electron chi connectivity index (χ2n) is 5.47. The van der Waals surface area contributed by atoms with Crippen LogP contribution in [0.15, 0.2) is 0 Å². The molecule has 0 N–H and O–H groups in total. The maximum Gasteiger partial charge on any atom is 0.322 e. The van der Waals surface area contributed by atoms with Gasteiger partial charge >= 0.3 is 5.97 Å². The summed E-state index contributed by atoms with van der Waals surface area (Å²) in [5.74, 6) is 0.355. The number of hydrogen-bond donors (Lipinski definition) is 0. The molecule has 0 radical (unpaired) electrons. The van der Waals surface area contributed by atoms with Gasteiger partial charge in [-0.05, 0) is 39.2 Å². The molecule has 0 amide bonds. The lowest BCUT2D eigenvalue weighted by atomic mass is 9.81. The first-order valence-corrected chi connectivity index (χ1v) is 7.01.